The van der Waals surface area contributed by atoms with E-state index in [-0.39, 0.29) is 11.6 Å². The summed E-state index contributed by atoms with van der Waals surface area (Å²) in [6.45, 7) is 0. The van der Waals surface area contributed by atoms with Crippen molar-refractivity contribution in [2.24, 2.45) is 0 Å². The molecule has 0 aliphatic rings. The monoisotopic (exact) mass is 393 g/mol. The summed E-state index contributed by atoms with van der Waals surface area (Å²) in [4.78, 5) is 29.0. The Hall–Kier alpha value is -3.59. The van der Waals surface area contributed by atoms with Crippen molar-refractivity contribution in [1.29, 1.82) is 0 Å². The summed E-state index contributed by atoms with van der Waals surface area (Å²) in [6, 6.07) is 25.6. The zero-order valence-electron chi connectivity index (χ0n) is 16.8. The van der Waals surface area contributed by atoms with E-state index >= 15 is 0 Å². The lowest BCUT2D eigenvalue weighted by Crippen LogP contribution is -2.06. The third kappa shape index (κ3) is 5.06. The summed E-state index contributed by atoms with van der Waals surface area (Å²) in [7, 11) is 0. The second-order valence-electron chi connectivity index (χ2n) is 7.56. The highest BCUT2D eigenvalue weighted by atomic mass is 16.1. The van der Waals surface area contributed by atoms with Crippen LogP contribution in [0, 0.1) is 0 Å². The molecule has 148 valence electrons. The van der Waals surface area contributed by atoms with Crippen LogP contribution in [0.25, 0.3) is 10.8 Å². The van der Waals surface area contributed by atoms with Gasteiger partial charge in [0, 0.05) is 37.2 Å². The lowest BCUT2D eigenvalue weighted by atomic mass is 9.98. The highest BCUT2D eigenvalue weighted by Gasteiger charge is 2.09. The Morgan fingerprint density at radius 3 is 2.23 bits per heavy atom. The van der Waals surface area contributed by atoms with Gasteiger partial charge in [-0.25, -0.2) is 0 Å². The summed E-state index contributed by atoms with van der Waals surface area (Å²) in [5.74, 6) is 0.272. The van der Waals surface area contributed by atoms with E-state index in [9.17, 15) is 9.59 Å². The first kappa shape index (κ1) is 19.7. The Balaban J connectivity index is 1.34. The highest BCUT2D eigenvalue weighted by Crippen LogP contribution is 2.17. The normalized spacial score (nSPS) is 10.8. The van der Waals surface area contributed by atoms with E-state index in [0.717, 1.165) is 22.1 Å². The summed E-state index contributed by atoms with van der Waals surface area (Å²) in [6.07, 6.45) is 5.48. The fourth-order valence-electron chi connectivity index (χ4n) is 3.59. The zero-order valence-corrected chi connectivity index (χ0v) is 16.8. The van der Waals surface area contributed by atoms with Gasteiger partial charge in [-0.1, -0.05) is 72.8 Å². The van der Waals surface area contributed by atoms with Gasteiger partial charge in [0.25, 0.3) is 0 Å². The van der Waals surface area contributed by atoms with Gasteiger partial charge < -0.3 is 0 Å². The number of benzene rings is 3. The van der Waals surface area contributed by atoms with E-state index in [0.29, 0.717) is 31.2 Å². The van der Waals surface area contributed by atoms with Gasteiger partial charge >= 0.3 is 0 Å². The predicted octanol–water partition coefficient (Wildman–Crippen LogP) is 5.40. The number of aromatic nitrogens is 1. The van der Waals surface area contributed by atoms with Crippen molar-refractivity contribution in [2.45, 2.75) is 25.7 Å². The number of rotatable bonds is 8. The number of pyridine rings is 1. The molecule has 3 nitrogen and oxygen atoms in total. The molecule has 0 radical (unpaired) electrons. The summed E-state index contributed by atoms with van der Waals surface area (Å²) in [5, 5.41) is 2.31. The molecule has 0 aliphatic carbocycles. The maximum absolute atomic E-state index is 12.7. The predicted molar refractivity (Wildman–Crippen MR) is 120 cm³/mol. The first-order valence-electron chi connectivity index (χ1n) is 10.2. The molecule has 0 saturated heterocycles. The number of nitrogens with zero attached hydrogens (tertiary/aromatic N) is 1. The molecule has 0 bridgehead atoms. The van der Waals surface area contributed by atoms with Crippen LogP contribution in [-0.2, 0) is 24.1 Å². The molecule has 0 unspecified atom stereocenters. The molecule has 4 aromatic rings. The Morgan fingerprint density at radius 2 is 1.47 bits per heavy atom. The van der Waals surface area contributed by atoms with Gasteiger partial charge in [0.05, 0.1) is 0 Å². The summed E-state index contributed by atoms with van der Waals surface area (Å²) in [5.41, 5.74) is 3.69. The quantitative estimate of drug-likeness (QED) is 0.376. The van der Waals surface area contributed by atoms with Crippen molar-refractivity contribution in [1.82, 2.24) is 4.98 Å². The molecule has 0 amide bonds. The summed E-state index contributed by atoms with van der Waals surface area (Å²) < 4.78 is 0. The Morgan fingerprint density at radius 1 is 0.700 bits per heavy atom. The smallest absolute Gasteiger partial charge is 0.167 e. The van der Waals surface area contributed by atoms with Crippen molar-refractivity contribution < 1.29 is 9.59 Å². The molecule has 0 atom stereocenters. The van der Waals surface area contributed by atoms with Gasteiger partial charge in [-0.2, -0.15) is 0 Å². The maximum Gasteiger partial charge on any atom is 0.167 e. The van der Waals surface area contributed by atoms with E-state index < -0.39 is 0 Å². The van der Waals surface area contributed by atoms with E-state index in [1.807, 2.05) is 54.6 Å². The van der Waals surface area contributed by atoms with Crippen LogP contribution in [0.15, 0.2) is 91.3 Å². The van der Waals surface area contributed by atoms with Crippen LogP contribution in [0.4, 0.5) is 0 Å². The minimum Gasteiger partial charge on any atom is -0.299 e. The largest absolute Gasteiger partial charge is 0.299 e. The molecule has 4 rings (SSSR count). The number of ketones is 2. The molecule has 0 fully saturated rings. The van der Waals surface area contributed by atoms with Crippen LogP contribution in [0.3, 0.4) is 0 Å². The molecule has 0 spiro atoms. The molecule has 0 aliphatic heterocycles. The van der Waals surface area contributed by atoms with Crippen molar-refractivity contribution in [3.63, 3.8) is 0 Å². The van der Waals surface area contributed by atoms with Crippen molar-refractivity contribution in [2.75, 3.05) is 0 Å². The summed E-state index contributed by atoms with van der Waals surface area (Å²) >= 11 is 0. The average Bonchev–Trinajstić information content (AvgIpc) is 2.79. The number of hydrogen-bond acceptors (Lipinski definition) is 3. The number of carbonyl (C=O) groups excluding carboxylic acids is 2. The van der Waals surface area contributed by atoms with Gasteiger partial charge in [-0.3, -0.25) is 14.6 Å². The minimum atomic E-state index is 0.0831. The van der Waals surface area contributed by atoms with Gasteiger partial charge in [-0.15, -0.1) is 0 Å². The van der Waals surface area contributed by atoms with Crippen LogP contribution in [0.1, 0.15) is 33.5 Å². The number of Topliss-reactive ketones (excluding diaryl/α,β-unsaturated/α-hetero) is 2. The van der Waals surface area contributed by atoms with E-state index in [4.69, 9.17) is 0 Å². The van der Waals surface area contributed by atoms with Crippen molar-refractivity contribution >= 4 is 22.3 Å². The fourth-order valence-corrected chi connectivity index (χ4v) is 3.59. The third-order valence-electron chi connectivity index (χ3n) is 5.27. The van der Waals surface area contributed by atoms with E-state index in [1.54, 1.807) is 12.4 Å². The molecule has 3 heteroatoms. The first-order valence-corrected chi connectivity index (χ1v) is 10.2. The molecular weight excluding hydrogens is 370 g/mol. The molecule has 0 saturated carbocycles. The van der Waals surface area contributed by atoms with Crippen molar-refractivity contribution in [3.05, 3.63) is 114 Å². The Bertz CT molecular complexity index is 1160. The number of fused-ring (bicyclic) bond motifs is 1. The van der Waals surface area contributed by atoms with E-state index in [2.05, 4.69) is 29.2 Å². The second kappa shape index (κ2) is 9.27. The molecular formula is C27H23NO2. The standard InChI is InChI=1S/C27H23NO2/c29-26(14-10-21-4-3-15-28-19-21)17-20-7-12-24(13-8-20)27(30)18-22-9-11-23-5-1-2-6-25(23)16-22/h1-9,11-13,15-16,19H,10,14,17-18H2. The van der Waals surface area contributed by atoms with Crippen LogP contribution < -0.4 is 0 Å². The van der Waals surface area contributed by atoms with Gasteiger partial charge in [0.1, 0.15) is 5.78 Å². The first-order chi connectivity index (χ1) is 14.7. The van der Waals surface area contributed by atoms with Gasteiger partial charge in [0.15, 0.2) is 5.78 Å². The average molecular weight is 393 g/mol. The van der Waals surface area contributed by atoms with Crippen LogP contribution in [-0.4, -0.2) is 16.6 Å². The molecule has 0 N–H and O–H groups in total. The zero-order chi connectivity index (χ0) is 20.8. The van der Waals surface area contributed by atoms with E-state index in [1.165, 1.54) is 5.39 Å². The molecule has 30 heavy (non-hydrogen) atoms. The molecule has 3 aromatic carbocycles. The lowest BCUT2D eigenvalue weighted by molar-refractivity contribution is -0.118. The van der Waals surface area contributed by atoms with Crippen molar-refractivity contribution in [3.8, 4) is 0 Å². The highest BCUT2D eigenvalue weighted by molar-refractivity contribution is 5.98. The fraction of sp³-hybridized carbons (Fsp3) is 0.148. The number of hydrogen-bond donors (Lipinski definition) is 0. The second-order valence-corrected chi connectivity index (χ2v) is 7.56. The minimum absolute atomic E-state index is 0.0831. The Labute approximate surface area is 176 Å². The van der Waals surface area contributed by atoms with Gasteiger partial charge in [-0.05, 0) is 39.9 Å². The van der Waals surface area contributed by atoms with Gasteiger partial charge in [0.2, 0.25) is 0 Å². The number of aryl methyl sites for hydroxylation is 1. The molecule has 1 heterocycles. The lowest BCUT2D eigenvalue weighted by Gasteiger charge is -2.06. The topological polar surface area (TPSA) is 47.0 Å². The van der Waals surface area contributed by atoms with Crippen LogP contribution in [0.5, 0.6) is 0 Å². The SMILES string of the molecule is O=C(CCc1cccnc1)Cc1ccc(C(=O)Cc2ccc3ccccc3c2)cc1. The third-order valence-corrected chi connectivity index (χ3v) is 5.27. The Kier molecular flexibility index (Phi) is 6.09. The van der Waals surface area contributed by atoms with Crippen LogP contribution in [0.2, 0.25) is 0 Å². The maximum atomic E-state index is 12.7. The van der Waals surface area contributed by atoms with Crippen LogP contribution >= 0.6 is 0 Å². The number of carbonyl (C=O) groups is 2. The molecule has 1 aromatic heterocycles.